The molecule has 1 atom stereocenters. The predicted octanol–water partition coefficient (Wildman–Crippen LogP) is 3.10. The van der Waals surface area contributed by atoms with Gasteiger partial charge in [0.1, 0.15) is 11.6 Å². The van der Waals surface area contributed by atoms with Gasteiger partial charge in [0.25, 0.3) is 5.56 Å². The molecule has 0 radical (unpaired) electrons. The zero-order chi connectivity index (χ0) is 25.2. The minimum atomic E-state index is -3.74. The van der Waals surface area contributed by atoms with E-state index in [9.17, 15) is 18.0 Å². The van der Waals surface area contributed by atoms with Crippen LogP contribution in [0, 0.1) is 19.8 Å². The zero-order valence-electron chi connectivity index (χ0n) is 19.9. The van der Waals surface area contributed by atoms with E-state index in [0.29, 0.717) is 47.9 Å². The van der Waals surface area contributed by atoms with Crippen LogP contribution in [0.25, 0.3) is 11.4 Å². The smallest absolute Gasteiger partial charge is 0.251 e. The molecular weight excluding hydrogens is 468 g/mol. The van der Waals surface area contributed by atoms with Gasteiger partial charge in [-0.25, -0.2) is 13.4 Å². The highest BCUT2D eigenvalue weighted by molar-refractivity contribution is 7.89. The largest absolute Gasteiger partial charge is 0.496 e. The van der Waals surface area contributed by atoms with Crippen LogP contribution >= 0.6 is 0 Å². The number of sulfonamides is 1. The van der Waals surface area contributed by atoms with Crippen molar-refractivity contribution < 1.29 is 17.9 Å². The maximum absolute atomic E-state index is 13.2. The summed E-state index contributed by atoms with van der Waals surface area (Å²) in [6.07, 6.45) is 1.17. The summed E-state index contributed by atoms with van der Waals surface area (Å²) in [5.74, 6) is 0.292. The minimum Gasteiger partial charge on any atom is -0.496 e. The summed E-state index contributed by atoms with van der Waals surface area (Å²) in [5, 5.41) is 2.89. The number of carbonyl (C=O) groups excluding carboxylic acids is 1. The van der Waals surface area contributed by atoms with Crippen molar-refractivity contribution in [2.24, 2.45) is 5.92 Å². The van der Waals surface area contributed by atoms with Crippen molar-refractivity contribution in [1.29, 1.82) is 0 Å². The molecule has 1 aliphatic rings. The first kappa shape index (κ1) is 24.6. The summed E-state index contributed by atoms with van der Waals surface area (Å²) in [6.45, 7) is 3.99. The maximum Gasteiger partial charge on any atom is 0.251 e. The third-order valence-electron chi connectivity index (χ3n) is 6.03. The number of anilines is 1. The molecule has 35 heavy (non-hydrogen) atoms. The van der Waals surface area contributed by atoms with E-state index >= 15 is 0 Å². The van der Waals surface area contributed by atoms with Crippen LogP contribution in [0.15, 0.2) is 58.2 Å². The molecular formula is C25H28N4O5S. The zero-order valence-corrected chi connectivity index (χ0v) is 20.7. The number of carbonyl (C=O) groups is 1. The number of nitrogens with zero attached hydrogens (tertiary/aromatic N) is 2. The Labute approximate surface area is 204 Å². The van der Waals surface area contributed by atoms with E-state index in [1.54, 1.807) is 50.2 Å². The van der Waals surface area contributed by atoms with Crippen LogP contribution in [-0.4, -0.2) is 48.8 Å². The molecule has 4 rings (SSSR count). The lowest BCUT2D eigenvalue weighted by atomic mass is 9.98. The monoisotopic (exact) mass is 496 g/mol. The normalized spacial score (nSPS) is 16.6. The van der Waals surface area contributed by atoms with Gasteiger partial charge < -0.3 is 15.0 Å². The van der Waals surface area contributed by atoms with Crippen LogP contribution in [0.1, 0.15) is 24.1 Å². The highest BCUT2D eigenvalue weighted by Gasteiger charge is 2.33. The number of aromatic nitrogens is 2. The molecule has 1 saturated heterocycles. The van der Waals surface area contributed by atoms with Gasteiger partial charge >= 0.3 is 0 Å². The van der Waals surface area contributed by atoms with Crippen molar-refractivity contribution in [2.75, 3.05) is 25.5 Å². The Morgan fingerprint density at radius 1 is 1.17 bits per heavy atom. The van der Waals surface area contributed by atoms with Gasteiger partial charge in [-0.15, -0.1) is 0 Å². The first-order chi connectivity index (χ1) is 16.7. The minimum absolute atomic E-state index is 0.103. The summed E-state index contributed by atoms with van der Waals surface area (Å²) in [6, 6.07) is 13.2. The van der Waals surface area contributed by atoms with Crippen LogP contribution in [0.3, 0.4) is 0 Å². The molecule has 1 aromatic heterocycles. The topological polar surface area (TPSA) is 121 Å². The number of amides is 1. The third kappa shape index (κ3) is 5.44. The van der Waals surface area contributed by atoms with Crippen molar-refractivity contribution >= 4 is 21.6 Å². The van der Waals surface area contributed by atoms with Crippen LogP contribution in [0.5, 0.6) is 5.75 Å². The molecule has 0 bridgehead atoms. The van der Waals surface area contributed by atoms with Crippen LogP contribution in [-0.2, 0) is 14.8 Å². The van der Waals surface area contributed by atoms with E-state index in [2.05, 4.69) is 15.3 Å². The molecule has 2 aromatic carbocycles. The number of ether oxygens (including phenoxy) is 1. The lowest BCUT2D eigenvalue weighted by molar-refractivity contribution is -0.120. The summed E-state index contributed by atoms with van der Waals surface area (Å²) >= 11 is 0. The second-order valence-electron chi connectivity index (χ2n) is 8.64. The van der Waals surface area contributed by atoms with Crippen LogP contribution in [0.2, 0.25) is 0 Å². The number of hydrogen-bond acceptors (Lipinski definition) is 6. The lowest BCUT2D eigenvalue weighted by Gasteiger charge is -2.31. The first-order valence-electron chi connectivity index (χ1n) is 11.3. The van der Waals surface area contributed by atoms with E-state index in [4.69, 9.17) is 4.74 Å². The van der Waals surface area contributed by atoms with E-state index in [1.165, 1.54) is 23.5 Å². The fourth-order valence-electron chi connectivity index (χ4n) is 4.24. The SMILES string of the molecule is COc1ccc(S(=O)(=O)N2CCCC(C(=O)Nc3cccc(-c4nc(C)cc(=O)[nH]4)c3)C2)cc1C. The summed E-state index contributed by atoms with van der Waals surface area (Å²) in [7, 11) is -2.21. The fraction of sp³-hybridized carbons (Fsp3) is 0.320. The van der Waals surface area contributed by atoms with Gasteiger partial charge in [0, 0.05) is 36.1 Å². The second kappa shape index (κ2) is 10.0. The summed E-state index contributed by atoms with van der Waals surface area (Å²) < 4.78 is 33.1. The van der Waals surface area contributed by atoms with E-state index in [0.717, 1.165) is 5.56 Å². The number of nitrogens with one attached hydrogen (secondary N) is 2. The van der Waals surface area contributed by atoms with Gasteiger partial charge in [-0.1, -0.05) is 12.1 Å². The Morgan fingerprint density at radius 3 is 2.69 bits per heavy atom. The van der Waals surface area contributed by atoms with Crippen LogP contribution < -0.4 is 15.6 Å². The Morgan fingerprint density at radius 2 is 1.97 bits per heavy atom. The first-order valence-corrected chi connectivity index (χ1v) is 12.8. The third-order valence-corrected chi connectivity index (χ3v) is 7.89. The summed E-state index contributed by atoms with van der Waals surface area (Å²) in [4.78, 5) is 32.1. The number of hydrogen-bond donors (Lipinski definition) is 2. The summed E-state index contributed by atoms with van der Waals surface area (Å²) in [5.41, 5.74) is 2.27. The van der Waals surface area contributed by atoms with E-state index in [1.807, 2.05) is 0 Å². The molecule has 1 unspecified atom stereocenters. The molecule has 1 fully saturated rings. The number of aromatic amines is 1. The highest BCUT2D eigenvalue weighted by Crippen LogP contribution is 2.28. The Bertz CT molecular complexity index is 1420. The second-order valence-corrected chi connectivity index (χ2v) is 10.6. The average molecular weight is 497 g/mol. The number of aryl methyl sites for hydroxylation is 2. The Hall–Kier alpha value is -3.50. The maximum atomic E-state index is 13.2. The molecule has 2 N–H and O–H groups in total. The van der Waals surface area contributed by atoms with Gasteiger partial charge in [-0.05, 0) is 62.6 Å². The van der Waals surface area contributed by atoms with Gasteiger partial charge in [0.05, 0.1) is 17.9 Å². The predicted molar refractivity (Wildman–Crippen MR) is 133 cm³/mol. The number of rotatable bonds is 6. The van der Waals surface area contributed by atoms with Gasteiger partial charge in [-0.2, -0.15) is 4.31 Å². The molecule has 1 amide bonds. The Kier molecular flexibility index (Phi) is 7.04. The molecule has 1 aliphatic heterocycles. The molecule has 0 spiro atoms. The molecule has 0 saturated carbocycles. The number of methoxy groups -OCH3 is 1. The fourth-order valence-corrected chi connectivity index (χ4v) is 5.85. The van der Waals surface area contributed by atoms with Crippen molar-refractivity contribution in [1.82, 2.24) is 14.3 Å². The van der Waals surface area contributed by atoms with Gasteiger partial charge in [0.2, 0.25) is 15.9 Å². The van der Waals surface area contributed by atoms with Crippen LogP contribution in [0.4, 0.5) is 5.69 Å². The highest BCUT2D eigenvalue weighted by atomic mass is 32.2. The Balaban J connectivity index is 1.49. The molecule has 2 heterocycles. The molecule has 10 heteroatoms. The molecule has 0 aliphatic carbocycles. The standard InChI is InChI=1S/C25H28N4O5S/c1-16-12-21(9-10-22(16)34-3)35(32,33)29-11-5-7-19(15-29)25(31)27-20-8-4-6-18(14-20)24-26-17(2)13-23(30)28-24/h4,6,8-10,12-14,19H,5,7,11,15H2,1-3H3,(H,27,31)(H,26,28,30). The van der Waals surface area contributed by atoms with Crippen molar-refractivity contribution in [3.63, 3.8) is 0 Å². The number of piperidine rings is 1. The van der Waals surface area contributed by atoms with Gasteiger partial charge in [0.15, 0.2) is 0 Å². The van der Waals surface area contributed by atoms with Crippen molar-refractivity contribution in [3.8, 4) is 17.1 Å². The van der Waals surface area contributed by atoms with Crippen molar-refractivity contribution in [2.45, 2.75) is 31.6 Å². The van der Waals surface area contributed by atoms with Gasteiger partial charge in [-0.3, -0.25) is 9.59 Å². The van der Waals surface area contributed by atoms with Crippen molar-refractivity contribution in [3.05, 3.63) is 70.1 Å². The average Bonchev–Trinajstić information content (AvgIpc) is 2.83. The van der Waals surface area contributed by atoms with E-state index < -0.39 is 15.9 Å². The molecule has 184 valence electrons. The number of H-pyrrole nitrogens is 1. The number of benzene rings is 2. The molecule has 3 aromatic rings. The quantitative estimate of drug-likeness (QED) is 0.541. The lowest BCUT2D eigenvalue weighted by Crippen LogP contribution is -2.43. The van der Waals surface area contributed by atoms with E-state index in [-0.39, 0.29) is 22.9 Å². The molecule has 9 nitrogen and oxygen atoms in total.